The second-order valence-corrected chi connectivity index (χ2v) is 24.2. The first kappa shape index (κ1) is 53.4. The summed E-state index contributed by atoms with van der Waals surface area (Å²) in [5.41, 5.74) is -0.260. The first-order chi connectivity index (χ1) is 32.2. The number of rotatable bonds is 11. The molecule has 394 valence electrons. The normalized spacial score (nSPS) is 51.4. The molecule has 8 aliphatic rings. The third-order valence-corrected chi connectivity index (χ3v) is 19.8. The molecule has 1 amide bonds. The highest BCUT2D eigenvalue weighted by Crippen LogP contribution is 2.76. The number of carboxylic acids is 1. The third kappa shape index (κ3) is 8.65. The lowest BCUT2D eigenvalue weighted by Crippen LogP contribution is -2.70. The van der Waals surface area contributed by atoms with Crippen molar-refractivity contribution in [3.63, 3.8) is 0 Å². The Kier molecular flexibility index (Phi) is 14.8. The van der Waals surface area contributed by atoms with Crippen molar-refractivity contribution >= 4 is 11.9 Å². The molecule has 3 saturated heterocycles. The Balaban J connectivity index is 1.10. The van der Waals surface area contributed by atoms with E-state index in [0.29, 0.717) is 25.2 Å². The van der Waals surface area contributed by atoms with E-state index < -0.39 is 141 Å². The zero-order valence-corrected chi connectivity index (χ0v) is 41.5. The van der Waals surface area contributed by atoms with E-state index in [1.165, 1.54) is 12.5 Å². The Morgan fingerprint density at radius 3 is 1.75 bits per heavy atom. The first-order valence-corrected chi connectivity index (χ1v) is 25.3. The summed E-state index contributed by atoms with van der Waals surface area (Å²) in [6.45, 7) is 15.2. The number of ether oxygens (including phenoxy) is 6. The molecule has 3 unspecified atom stereocenters. The minimum atomic E-state index is -1.91. The van der Waals surface area contributed by atoms with Crippen LogP contribution in [-0.2, 0) is 38.0 Å². The van der Waals surface area contributed by atoms with E-state index in [9.17, 15) is 60.7 Å². The number of hydrogen-bond donors (Lipinski definition) is 11. The van der Waals surface area contributed by atoms with Crippen LogP contribution in [0.4, 0.5) is 0 Å². The van der Waals surface area contributed by atoms with Crippen LogP contribution in [0.3, 0.4) is 0 Å². The fourth-order valence-corrected chi connectivity index (χ4v) is 15.6. The monoisotopic (exact) mass is 984 g/mol. The van der Waals surface area contributed by atoms with Crippen LogP contribution in [0, 0.1) is 50.2 Å². The van der Waals surface area contributed by atoms with Crippen molar-refractivity contribution in [3.05, 3.63) is 11.6 Å². The Morgan fingerprint density at radius 1 is 0.652 bits per heavy atom. The molecule has 0 aromatic carbocycles. The predicted octanol–water partition coefficient (Wildman–Crippen LogP) is 0.850. The van der Waals surface area contributed by atoms with Gasteiger partial charge < -0.3 is 84.8 Å². The van der Waals surface area contributed by atoms with Gasteiger partial charge in [-0.1, -0.05) is 60.1 Å². The quantitative estimate of drug-likeness (QED) is 0.101. The highest BCUT2D eigenvalue weighted by molar-refractivity contribution is 5.76. The van der Waals surface area contributed by atoms with Crippen molar-refractivity contribution in [2.45, 2.75) is 218 Å². The van der Waals surface area contributed by atoms with E-state index in [-0.39, 0.29) is 33.5 Å². The van der Waals surface area contributed by atoms with Gasteiger partial charge in [0.2, 0.25) is 5.91 Å². The van der Waals surface area contributed by atoms with Gasteiger partial charge >= 0.3 is 5.97 Å². The fraction of sp³-hybridized carbons (Fsp3) is 0.920. The molecule has 0 spiro atoms. The summed E-state index contributed by atoms with van der Waals surface area (Å²) in [5, 5.41) is 109. The molecule has 0 aromatic rings. The number of fused-ring (bicyclic) bond motifs is 7. The van der Waals surface area contributed by atoms with E-state index >= 15 is 0 Å². The van der Waals surface area contributed by atoms with Gasteiger partial charge in [0.25, 0.3) is 0 Å². The van der Waals surface area contributed by atoms with Crippen LogP contribution in [0.15, 0.2) is 11.6 Å². The topological polar surface area (TPSA) is 304 Å². The van der Waals surface area contributed by atoms with Crippen molar-refractivity contribution in [1.29, 1.82) is 0 Å². The van der Waals surface area contributed by atoms with E-state index in [2.05, 4.69) is 59.9 Å². The maximum absolute atomic E-state index is 13.2. The number of nitrogens with one attached hydrogen (secondary N) is 1. The number of carboxylic acid groups (broad SMARTS) is 1. The summed E-state index contributed by atoms with van der Waals surface area (Å²) >= 11 is 0. The molecule has 7 fully saturated rings. The molecule has 69 heavy (non-hydrogen) atoms. The van der Waals surface area contributed by atoms with E-state index in [1.54, 1.807) is 0 Å². The summed E-state index contributed by atoms with van der Waals surface area (Å²) < 4.78 is 37.6. The number of carbonyl (C=O) groups is 2. The van der Waals surface area contributed by atoms with Crippen LogP contribution in [-0.4, -0.2) is 181 Å². The van der Waals surface area contributed by atoms with Crippen LogP contribution >= 0.6 is 0 Å². The van der Waals surface area contributed by atoms with E-state index in [0.717, 1.165) is 44.9 Å². The Hall–Kier alpha value is -1.92. The van der Waals surface area contributed by atoms with Gasteiger partial charge in [0.1, 0.15) is 73.2 Å². The summed E-state index contributed by atoms with van der Waals surface area (Å²) in [6.07, 6.45) is -13.2. The van der Waals surface area contributed by atoms with Gasteiger partial charge in [0.05, 0.1) is 31.3 Å². The first-order valence-electron chi connectivity index (χ1n) is 25.3. The number of allylic oxidation sites excluding steroid dienone is 2. The smallest absolute Gasteiger partial charge is 0.310 e. The van der Waals surface area contributed by atoms with Gasteiger partial charge in [0.15, 0.2) is 18.9 Å². The number of carbonyl (C=O) groups excluding carboxylic acids is 1. The molecule has 4 saturated carbocycles. The van der Waals surface area contributed by atoms with Gasteiger partial charge in [0, 0.05) is 6.92 Å². The summed E-state index contributed by atoms with van der Waals surface area (Å²) in [6, 6.07) is -1.33. The number of hydrogen-bond acceptors (Lipinski definition) is 17. The van der Waals surface area contributed by atoms with E-state index in [1.807, 2.05) is 0 Å². The average Bonchev–Trinajstić information content (AvgIpc) is 3.28. The lowest BCUT2D eigenvalue weighted by Gasteiger charge is -2.71. The SMILES string of the molecule is CC(=O)N[C@H]1[C@H](O[C@H]2CC[C@@]3(C)C(CC[C@]4(C)C3CC=C3C5CC(C)(C)CC[C@]5(C(=O)O)CC[C@]34C)C2(C)C)O[C@H](CO)[C@@H](O[C@@H]2O[C@H](CO)[C@@H](O)[C@H](O)[C@H]2O)[C@@H]1O[C@@H]1O[C@H](CO)[C@H](O)[C@H](O)[C@H]1O. The molecule has 11 N–H and O–H groups in total. The zero-order valence-electron chi connectivity index (χ0n) is 41.5. The van der Waals surface area contributed by atoms with Gasteiger partial charge in [-0.2, -0.15) is 0 Å². The lowest BCUT2D eigenvalue weighted by molar-refractivity contribution is -0.380. The molecule has 19 heteroatoms. The molecule has 3 heterocycles. The second kappa shape index (κ2) is 19.1. The standard InChI is InChI=1S/C50H81NO18/c1-23(55)51-32-40(69-43-38(61)36(59)34(57)27(21-53)65-43)39(68-42-37(60)35(58)33(56)26(20-52)64-42)28(22-54)66-41(32)67-31-12-13-47(6)29(46(31,4)5)11-14-49(8)30(47)10-9-24-25-19-45(2,3)15-17-50(25,44(62)63)18-16-48(24,49)7/h9,25-43,52-54,56-61H,10-22H2,1-8H3,(H,51,55)(H,62,63)/t25?,26-,27-,28-,29?,30?,31+,32-,33-,34+,35+,36+,37-,38-,39-,40-,41+,42+,43+,47+,48-,49-,50+/m1/s1. The van der Waals surface area contributed by atoms with Crippen LogP contribution in [0.1, 0.15) is 120 Å². The number of aliphatic hydroxyl groups excluding tert-OH is 9. The minimum Gasteiger partial charge on any atom is -0.481 e. The summed E-state index contributed by atoms with van der Waals surface area (Å²) in [7, 11) is 0. The van der Waals surface area contributed by atoms with Crippen molar-refractivity contribution in [2.24, 2.45) is 50.2 Å². The number of amides is 1. The van der Waals surface area contributed by atoms with Crippen LogP contribution in [0.25, 0.3) is 0 Å². The zero-order chi connectivity index (χ0) is 50.6. The highest BCUT2D eigenvalue weighted by Gasteiger charge is 2.70. The molecule has 19 nitrogen and oxygen atoms in total. The molecule has 8 rings (SSSR count). The Labute approximate surface area is 404 Å². The van der Waals surface area contributed by atoms with Crippen LogP contribution in [0.2, 0.25) is 0 Å². The van der Waals surface area contributed by atoms with Gasteiger partial charge in [-0.25, -0.2) is 0 Å². The summed E-state index contributed by atoms with van der Waals surface area (Å²) in [5.74, 6) is -0.804. The molecular weight excluding hydrogens is 903 g/mol. The molecule has 0 aromatic heterocycles. The molecule has 5 aliphatic carbocycles. The molecule has 23 atom stereocenters. The maximum atomic E-state index is 13.2. The van der Waals surface area contributed by atoms with E-state index in [4.69, 9.17) is 28.4 Å². The summed E-state index contributed by atoms with van der Waals surface area (Å²) in [4.78, 5) is 26.4. The van der Waals surface area contributed by atoms with Crippen molar-refractivity contribution < 1.29 is 89.1 Å². The minimum absolute atomic E-state index is 0.00750. The third-order valence-electron chi connectivity index (χ3n) is 19.8. The highest BCUT2D eigenvalue weighted by atomic mass is 16.8. The average molecular weight is 984 g/mol. The van der Waals surface area contributed by atoms with Gasteiger partial charge in [-0.15, -0.1) is 0 Å². The van der Waals surface area contributed by atoms with Gasteiger partial charge in [-0.05, 0) is 109 Å². The Morgan fingerprint density at radius 2 is 1.20 bits per heavy atom. The molecular formula is C50H81NO18. The maximum Gasteiger partial charge on any atom is 0.310 e. The van der Waals surface area contributed by atoms with Crippen molar-refractivity contribution in [2.75, 3.05) is 19.8 Å². The molecule has 0 radical (unpaired) electrons. The Bertz CT molecular complexity index is 1910. The lowest BCUT2D eigenvalue weighted by atomic mass is 9.33. The largest absolute Gasteiger partial charge is 0.481 e. The number of aliphatic carboxylic acids is 1. The predicted molar refractivity (Wildman–Crippen MR) is 242 cm³/mol. The van der Waals surface area contributed by atoms with Crippen molar-refractivity contribution in [3.8, 4) is 0 Å². The second-order valence-electron chi connectivity index (χ2n) is 24.2. The molecule has 0 bridgehead atoms. The fourth-order valence-electron chi connectivity index (χ4n) is 15.6. The number of aliphatic hydroxyl groups is 9. The van der Waals surface area contributed by atoms with Crippen LogP contribution in [0.5, 0.6) is 0 Å². The molecule has 3 aliphatic heterocycles. The van der Waals surface area contributed by atoms with Crippen LogP contribution < -0.4 is 5.32 Å². The van der Waals surface area contributed by atoms with Gasteiger partial charge in [-0.3, -0.25) is 9.59 Å². The van der Waals surface area contributed by atoms with Crippen molar-refractivity contribution in [1.82, 2.24) is 5.32 Å².